The van der Waals surface area contributed by atoms with E-state index in [1.165, 1.54) is 13.3 Å². The average Bonchev–Trinajstić information content (AvgIpc) is 2.15. The summed E-state index contributed by atoms with van der Waals surface area (Å²) in [5.74, 6) is 0.473. The Kier molecular flexibility index (Phi) is 3.60. The first-order valence-electron chi connectivity index (χ1n) is 4.76. The highest BCUT2D eigenvalue weighted by molar-refractivity contribution is 5.86. The number of rotatable bonds is 3. The summed E-state index contributed by atoms with van der Waals surface area (Å²) in [6.45, 7) is 7.05. The van der Waals surface area contributed by atoms with E-state index in [1.54, 1.807) is 26.1 Å². The van der Waals surface area contributed by atoms with Crippen LogP contribution in [-0.2, 0) is 4.74 Å². The minimum Gasteiger partial charge on any atom is -0.493 e. The third-order valence-corrected chi connectivity index (χ3v) is 1.61. The average molecular weight is 223 g/mol. The normalized spacial score (nSPS) is 10.7. The number of nitrogens with zero attached hydrogens (tertiary/aromatic N) is 1. The molecule has 1 aromatic heterocycles. The van der Waals surface area contributed by atoms with Crippen molar-refractivity contribution in [2.45, 2.75) is 19.4 Å². The second-order valence-electron chi connectivity index (χ2n) is 3.85. The van der Waals surface area contributed by atoms with Gasteiger partial charge in [0.05, 0.1) is 19.0 Å². The van der Waals surface area contributed by atoms with E-state index in [4.69, 9.17) is 9.47 Å². The molecule has 1 aromatic rings. The van der Waals surface area contributed by atoms with Crippen molar-refractivity contribution in [3.05, 3.63) is 25.4 Å². The Labute approximate surface area is 94.8 Å². The van der Waals surface area contributed by atoms with Crippen LogP contribution in [0.4, 0.5) is 10.5 Å². The number of hydrogen-bond donors (Lipinski definition) is 1. The van der Waals surface area contributed by atoms with Crippen molar-refractivity contribution in [2.75, 3.05) is 12.4 Å². The smallest absolute Gasteiger partial charge is 0.415 e. The summed E-state index contributed by atoms with van der Waals surface area (Å²) in [6.07, 6.45) is 2.47. The van der Waals surface area contributed by atoms with Crippen LogP contribution in [0.1, 0.15) is 13.8 Å². The van der Waals surface area contributed by atoms with Crippen LogP contribution in [0.25, 0.3) is 0 Å². The van der Waals surface area contributed by atoms with Gasteiger partial charge in [0.2, 0.25) is 5.60 Å². The van der Waals surface area contributed by atoms with Gasteiger partial charge in [-0.25, -0.2) is 4.79 Å². The molecule has 1 N–H and O–H groups in total. The number of aromatic nitrogens is 1. The van der Waals surface area contributed by atoms with Gasteiger partial charge in [0.25, 0.3) is 0 Å². The van der Waals surface area contributed by atoms with E-state index in [9.17, 15) is 4.79 Å². The fourth-order valence-corrected chi connectivity index (χ4v) is 1.03. The lowest BCUT2D eigenvalue weighted by atomic mass is 10.2. The molecule has 86 valence electrons. The molecule has 0 spiro atoms. The molecular formula is C11H15N2O3+. The molecule has 0 aliphatic rings. The number of hydrogen-bond acceptors (Lipinski definition) is 4. The van der Waals surface area contributed by atoms with Gasteiger partial charge >= 0.3 is 6.09 Å². The molecular weight excluding hydrogens is 208 g/mol. The van der Waals surface area contributed by atoms with Gasteiger partial charge in [-0.05, 0) is 6.07 Å². The van der Waals surface area contributed by atoms with Gasteiger partial charge in [0.15, 0.2) is 5.75 Å². The molecule has 0 bridgehead atoms. The predicted molar refractivity (Wildman–Crippen MR) is 60.3 cm³/mol. The molecule has 1 amide bonds. The van der Waals surface area contributed by atoms with Crippen molar-refractivity contribution >= 4 is 11.8 Å². The second kappa shape index (κ2) is 4.74. The molecule has 0 saturated carbocycles. The molecule has 1 rings (SSSR count). The molecule has 0 unspecified atom stereocenters. The first kappa shape index (κ1) is 12.2. The maximum atomic E-state index is 11.4. The molecule has 0 aliphatic heterocycles. The first-order valence-corrected chi connectivity index (χ1v) is 4.76. The van der Waals surface area contributed by atoms with Crippen molar-refractivity contribution < 1.29 is 14.3 Å². The predicted octanol–water partition coefficient (Wildman–Crippen LogP) is 2.25. The Morgan fingerprint density at radius 3 is 2.81 bits per heavy atom. The van der Waals surface area contributed by atoms with Crippen molar-refractivity contribution in [3.8, 4) is 5.75 Å². The van der Waals surface area contributed by atoms with Gasteiger partial charge in [-0.3, -0.25) is 10.3 Å². The molecule has 16 heavy (non-hydrogen) atoms. The molecule has 1 heterocycles. The SMILES string of the molecule is [CH2+]C(C)(C)OC(=O)Nc1ccncc1OC. The van der Waals surface area contributed by atoms with Gasteiger partial charge in [0.1, 0.15) is 6.92 Å². The third kappa shape index (κ3) is 3.68. The lowest BCUT2D eigenvalue weighted by molar-refractivity contribution is 0.0821. The number of carbonyl (C=O) groups excluding carboxylic acids is 1. The number of nitrogens with one attached hydrogen (secondary N) is 1. The van der Waals surface area contributed by atoms with Crippen LogP contribution in [0, 0.1) is 6.92 Å². The highest BCUT2D eigenvalue weighted by atomic mass is 16.6. The molecule has 0 fully saturated rings. The van der Waals surface area contributed by atoms with E-state index in [2.05, 4.69) is 17.2 Å². The van der Waals surface area contributed by atoms with Gasteiger partial charge in [-0.2, -0.15) is 0 Å². The monoisotopic (exact) mass is 223 g/mol. The fourth-order valence-electron chi connectivity index (χ4n) is 1.03. The largest absolute Gasteiger partial charge is 0.493 e. The highest BCUT2D eigenvalue weighted by Crippen LogP contribution is 2.22. The highest BCUT2D eigenvalue weighted by Gasteiger charge is 2.23. The molecule has 0 saturated heterocycles. The summed E-state index contributed by atoms with van der Waals surface area (Å²) in [6, 6.07) is 1.62. The third-order valence-electron chi connectivity index (χ3n) is 1.61. The molecule has 0 aliphatic carbocycles. The molecule has 0 atom stereocenters. The summed E-state index contributed by atoms with van der Waals surface area (Å²) in [4.78, 5) is 15.3. The number of ether oxygens (including phenoxy) is 2. The second-order valence-corrected chi connectivity index (χ2v) is 3.85. The number of methoxy groups -OCH3 is 1. The molecule has 0 aromatic carbocycles. The Morgan fingerprint density at radius 2 is 2.25 bits per heavy atom. The maximum Gasteiger partial charge on any atom is 0.415 e. The Bertz CT molecular complexity index is 372. The molecule has 0 radical (unpaired) electrons. The van der Waals surface area contributed by atoms with E-state index in [0.29, 0.717) is 11.4 Å². The fraction of sp³-hybridized carbons (Fsp3) is 0.364. The standard InChI is InChI=1S/C11H14N2O3/c1-11(2,3)16-10(14)13-8-5-6-12-7-9(8)15-4/h5-7H,1H2,2-4H3/p+1. The number of carbonyl (C=O) groups is 1. The van der Waals surface area contributed by atoms with E-state index in [-0.39, 0.29) is 0 Å². The Balaban J connectivity index is 2.70. The minimum absolute atomic E-state index is 0.473. The van der Waals surface area contributed by atoms with Crippen molar-refractivity contribution in [3.63, 3.8) is 0 Å². The van der Waals surface area contributed by atoms with E-state index < -0.39 is 11.7 Å². The van der Waals surface area contributed by atoms with Gasteiger partial charge in [-0.1, -0.05) is 0 Å². The van der Waals surface area contributed by atoms with Gasteiger partial charge in [-0.15, -0.1) is 0 Å². The van der Waals surface area contributed by atoms with Gasteiger partial charge in [0, 0.05) is 20.0 Å². The van der Waals surface area contributed by atoms with E-state index in [1.807, 2.05) is 0 Å². The van der Waals surface area contributed by atoms with Crippen LogP contribution in [0.2, 0.25) is 0 Å². The zero-order chi connectivity index (χ0) is 12.2. The Hall–Kier alpha value is -1.91. The van der Waals surface area contributed by atoms with E-state index in [0.717, 1.165) is 0 Å². The minimum atomic E-state index is -0.773. The van der Waals surface area contributed by atoms with Crippen molar-refractivity contribution in [2.24, 2.45) is 0 Å². The number of pyridine rings is 1. The zero-order valence-electron chi connectivity index (χ0n) is 9.61. The van der Waals surface area contributed by atoms with Gasteiger partial charge < -0.3 is 9.47 Å². The van der Waals surface area contributed by atoms with Crippen LogP contribution in [0.3, 0.4) is 0 Å². The summed E-state index contributed by atoms with van der Waals surface area (Å²) in [7, 11) is 1.50. The molecule has 5 nitrogen and oxygen atoms in total. The Morgan fingerprint density at radius 1 is 1.56 bits per heavy atom. The quantitative estimate of drug-likeness (QED) is 0.798. The topological polar surface area (TPSA) is 60.5 Å². The number of amides is 1. The molecule has 5 heteroatoms. The van der Waals surface area contributed by atoms with Crippen LogP contribution in [-0.4, -0.2) is 23.8 Å². The maximum absolute atomic E-state index is 11.4. The summed E-state index contributed by atoms with van der Waals surface area (Å²) < 4.78 is 10.0. The van der Waals surface area contributed by atoms with Crippen LogP contribution in [0.5, 0.6) is 5.75 Å². The first-order chi connectivity index (χ1) is 7.42. The number of anilines is 1. The van der Waals surface area contributed by atoms with Crippen LogP contribution in [0.15, 0.2) is 18.5 Å². The summed E-state index contributed by atoms with van der Waals surface area (Å²) in [5, 5.41) is 2.55. The summed E-state index contributed by atoms with van der Waals surface area (Å²) >= 11 is 0. The lowest BCUT2D eigenvalue weighted by Gasteiger charge is -2.14. The lowest BCUT2D eigenvalue weighted by Crippen LogP contribution is -2.27. The van der Waals surface area contributed by atoms with Crippen molar-refractivity contribution in [1.29, 1.82) is 0 Å². The van der Waals surface area contributed by atoms with Crippen molar-refractivity contribution in [1.82, 2.24) is 4.98 Å². The summed E-state index contributed by atoms with van der Waals surface area (Å²) in [5.41, 5.74) is -0.267. The van der Waals surface area contributed by atoms with Crippen LogP contribution < -0.4 is 10.1 Å². The van der Waals surface area contributed by atoms with Crippen LogP contribution >= 0.6 is 0 Å². The zero-order valence-corrected chi connectivity index (χ0v) is 9.61. The van der Waals surface area contributed by atoms with E-state index >= 15 is 0 Å².